The van der Waals surface area contributed by atoms with Crippen LogP contribution in [-0.2, 0) is 4.79 Å². The summed E-state index contributed by atoms with van der Waals surface area (Å²) >= 11 is 0. The molecular weight excluding hydrogens is 264 g/mol. The van der Waals surface area contributed by atoms with Gasteiger partial charge in [-0.15, -0.1) is 0 Å². The summed E-state index contributed by atoms with van der Waals surface area (Å²) in [5, 5.41) is 20.4. The molecule has 2 amide bonds. The first kappa shape index (κ1) is 13.9. The largest absolute Gasteiger partial charge is 0.478 e. The van der Waals surface area contributed by atoms with Crippen LogP contribution in [0.3, 0.4) is 0 Å². The first-order valence-corrected chi connectivity index (χ1v) is 6.13. The maximum atomic E-state index is 12.0. The highest BCUT2D eigenvalue weighted by Crippen LogP contribution is 2.19. The van der Waals surface area contributed by atoms with Gasteiger partial charge in [-0.2, -0.15) is 0 Å². The van der Waals surface area contributed by atoms with E-state index in [4.69, 9.17) is 10.2 Å². The summed E-state index contributed by atoms with van der Waals surface area (Å²) in [5.41, 5.74) is 0.399. The standard InChI is InChI=1S/C13H14N2O5/c16-11(10-5-2-6-15(10)13(19)20)14-9-4-1-3-8(7-9)12(17)18/h1,3-4,7,10H,2,5-6H2,(H,14,16)(H,17,18)(H,19,20). The van der Waals surface area contributed by atoms with Gasteiger partial charge in [0.15, 0.2) is 0 Å². The number of nitrogens with one attached hydrogen (secondary N) is 1. The number of benzene rings is 1. The zero-order valence-corrected chi connectivity index (χ0v) is 10.6. The van der Waals surface area contributed by atoms with Gasteiger partial charge in [-0.05, 0) is 31.0 Å². The lowest BCUT2D eigenvalue weighted by atomic mass is 10.1. The lowest BCUT2D eigenvalue weighted by molar-refractivity contribution is -0.119. The van der Waals surface area contributed by atoms with Gasteiger partial charge in [0.1, 0.15) is 6.04 Å². The number of likely N-dealkylation sites (tertiary alicyclic amines) is 1. The number of rotatable bonds is 3. The summed E-state index contributed by atoms with van der Waals surface area (Å²) in [6, 6.07) is 5.10. The molecular formula is C13H14N2O5. The van der Waals surface area contributed by atoms with Crippen molar-refractivity contribution < 1.29 is 24.6 Å². The highest BCUT2D eigenvalue weighted by atomic mass is 16.4. The number of carboxylic acids is 1. The molecule has 1 fully saturated rings. The number of carbonyl (C=O) groups is 3. The Morgan fingerprint density at radius 2 is 2.00 bits per heavy atom. The van der Waals surface area contributed by atoms with Crippen molar-refractivity contribution in [1.29, 1.82) is 0 Å². The third-order valence-electron chi connectivity index (χ3n) is 3.18. The van der Waals surface area contributed by atoms with E-state index in [-0.39, 0.29) is 5.56 Å². The SMILES string of the molecule is O=C(O)c1cccc(NC(=O)C2CCCN2C(=O)O)c1. The summed E-state index contributed by atoms with van der Waals surface area (Å²) in [7, 11) is 0. The Morgan fingerprint density at radius 3 is 2.65 bits per heavy atom. The molecule has 1 heterocycles. The van der Waals surface area contributed by atoms with E-state index in [9.17, 15) is 14.4 Å². The second-order valence-corrected chi connectivity index (χ2v) is 4.51. The van der Waals surface area contributed by atoms with Crippen molar-refractivity contribution in [2.45, 2.75) is 18.9 Å². The van der Waals surface area contributed by atoms with E-state index in [1.807, 2.05) is 0 Å². The summed E-state index contributed by atoms with van der Waals surface area (Å²) in [6.45, 7) is 0.336. The fourth-order valence-electron chi connectivity index (χ4n) is 2.22. The van der Waals surface area contributed by atoms with Gasteiger partial charge < -0.3 is 15.5 Å². The molecule has 7 nitrogen and oxygen atoms in total. The van der Waals surface area contributed by atoms with Crippen molar-refractivity contribution in [2.24, 2.45) is 0 Å². The minimum Gasteiger partial charge on any atom is -0.478 e. The number of nitrogens with zero attached hydrogens (tertiary/aromatic N) is 1. The van der Waals surface area contributed by atoms with Gasteiger partial charge in [0.2, 0.25) is 5.91 Å². The molecule has 2 rings (SSSR count). The highest BCUT2D eigenvalue weighted by Gasteiger charge is 2.33. The molecule has 0 spiro atoms. The van der Waals surface area contributed by atoms with Crippen LogP contribution >= 0.6 is 0 Å². The Balaban J connectivity index is 2.09. The molecule has 106 valence electrons. The van der Waals surface area contributed by atoms with Crippen LogP contribution in [-0.4, -0.2) is 45.7 Å². The fourth-order valence-corrected chi connectivity index (χ4v) is 2.22. The number of carboxylic acid groups (broad SMARTS) is 2. The molecule has 1 aliphatic rings. The first-order chi connectivity index (χ1) is 9.49. The molecule has 0 aliphatic carbocycles. The van der Waals surface area contributed by atoms with Crippen molar-refractivity contribution in [1.82, 2.24) is 4.90 Å². The molecule has 3 N–H and O–H groups in total. The quantitative estimate of drug-likeness (QED) is 0.776. The van der Waals surface area contributed by atoms with Gasteiger partial charge in [-0.3, -0.25) is 9.69 Å². The van der Waals surface area contributed by atoms with E-state index in [1.165, 1.54) is 18.2 Å². The van der Waals surface area contributed by atoms with Gasteiger partial charge in [0.05, 0.1) is 5.56 Å². The van der Waals surface area contributed by atoms with Crippen LogP contribution < -0.4 is 5.32 Å². The second-order valence-electron chi connectivity index (χ2n) is 4.51. The van der Waals surface area contributed by atoms with Crippen molar-refractivity contribution in [3.63, 3.8) is 0 Å². The van der Waals surface area contributed by atoms with Gasteiger partial charge in [-0.1, -0.05) is 6.07 Å². The van der Waals surface area contributed by atoms with Crippen LogP contribution in [0.25, 0.3) is 0 Å². The number of aromatic carboxylic acids is 1. The molecule has 0 bridgehead atoms. The first-order valence-electron chi connectivity index (χ1n) is 6.13. The zero-order valence-electron chi connectivity index (χ0n) is 10.6. The van der Waals surface area contributed by atoms with Gasteiger partial charge in [0, 0.05) is 12.2 Å². The molecule has 0 saturated carbocycles. The Labute approximate surface area is 114 Å². The minimum atomic E-state index is -1.12. The summed E-state index contributed by atoms with van der Waals surface area (Å²) in [5.74, 6) is -1.53. The smallest absolute Gasteiger partial charge is 0.407 e. The Morgan fingerprint density at radius 1 is 1.25 bits per heavy atom. The molecule has 1 atom stereocenters. The predicted molar refractivity (Wildman–Crippen MR) is 69.8 cm³/mol. The van der Waals surface area contributed by atoms with Crippen LogP contribution in [0, 0.1) is 0 Å². The zero-order chi connectivity index (χ0) is 14.7. The summed E-state index contributed by atoms with van der Waals surface area (Å²) in [4.78, 5) is 35.0. The number of amides is 2. The van der Waals surface area contributed by atoms with Crippen molar-refractivity contribution >= 4 is 23.7 Å². The van der Waals surface area contributed by atoms with Crippen molar-refractivity contribution in [3.8, 4) is 0 Å². The number of anilines is 1. The van der Waals surface area contributed by atoms with Crippen LogP contribution in [0.15, 0.2) is 24.3 Å². The van der Waals surface area contributed by atoms with Crippen LogP contribution in [0.4, 0.5) is 10.5 Å². The average molecular weight is 278 g/mol. The average Bonchev–Trinajstić information content (AvgIpc) is 2.88. The molecule has 7 heteroatoms. The maximum Gasteiger partial charge on any atom is 0.407 e. The molecule has 0 aromatic heterocycles. The van der Waals surface area contributed by atoms with E-state index >= 15 is 0 Å². The Kier molecular flexibility index (Phi) is 3.88. The third-order valence-corrected chi connectivity index (χ3v) is 3.18. The van der Waals surface area contributed by atoms with E-state index in [2.05, 4.69) is 5.32 Å². The van der Waals surface area contributed by atoms with Crippen LogP contribution in [0.5, 0.6) is 0 Å². The number of carbonyl (C=O) groups excluding carboxylic acids is 1. The minimum absolute atomic E-state index is 0.0595. The van der Waals surface area contributed by atoms with E-state index < -0.39 is 24.0 Å². The van der Waals surface area contributed by atoms with Gasteiger partial charge >= 0.3 is 12.1 Å². The maximum absolute atomic E-state index is 12.0. The highest BCUT2D eigenvalue weighted by molar-refractivity contribution is 5.98. The Bertz CT molecular complexity index is 557. The Hall–Kier alpha value is -2.57. The van der Waals surface area contributed by atoms with Crippen LogP contribution in [0.2, 0.25) is 0 Å². The fraction of sp³-hybridized carbons (Fsp3) is 0.308. The van der Waals surface area contributed by atoms with E-state index in [0.29, 0.717) is 25.1 Å². The molecule has 20 heavy (non-hydrogen) atoms. The van der Waals surface area contributed by atoms with Crippen molar-refractivity contribution in [3.05, 3.63) is 29.8 Å². The molecule has 1 aromatic rings. The molecule has 1 aliphatic heterocycles. The molecule has 1 aromatic carbocycles. The second kappa shape index (κ2) is 5.60. The lowest BCUT2D eigenvalue weighted by Gasteiger charge is -2.20. The molecule has 1 saturated heterocycles. The van der Waals surface area contributed by atoms with Crippen LogP contribution in [0.1, 0.15) is 23.2 Å². The topological polar surface area (TPSA) is 107 Å². The summed E-state index contributed by atoms with van der Waals surface area (Å²) < 4.78 is 0. The lowest BCUT2D eigenvalue weighted by Crippen LogP contribution is -2.42. The van der Waals surface area contributed by atoms with E-state index in [1.54, 1.807) is 6.07 Å². The van der Waals surface area contributed by atoms with Gasteiger partial charge in [-0.25, -0.2) is 9.59 Å². The predicted octanol–water partition coefficient (Wildman–Crippen LogP) is 1.47. The molecule has 1 unspecified atom stereocenters. The molecule has 0 radical (unpaired) electrons. The summed E-state index contributed by atoms with van der Waals surface area (Å²) in [6.07, 6.45) is -0.0158. The van der Waals surface area contributed by atoms with Crippen molar-refractivity contribution in [2.75, 3.05) is 11.9 Å². The monoisotopic (exact) mass is 278 g/mol. The normalized spacial score (nSPS) is 17.8. The number of hydrogen-bond donors (Lipinski definition) is 3. The number of hydrogen-bond acceptors (Lipinski definition) is 3. The van der Waals surface area contributed by atoms with E-state index in [0.717, 1.165) is 4.90 Å². The van der Waals surface area contributed by atoms with Gasteiger partial charge in [0.25, 0.3) is 0 Å². The third kappa shape index (κ3) is 2.87.